The summed E-state index contributed by atoms with van der Waals surface area (Å²) in [5.74, 6) is -0.555. The predicted octanol–water partition coefficient (Wildman–Crippen LogP) is 1.25. The lowest BCUT2D eigenvalue weighted by molar-refractivity contribution is -0.126. The summed E-state index contributed by atoms with van der Waals surface area (Å²) in [7, 11) is 0. The van der Waals surface area contributed by atoms with Crippen LogP contribution in [0, 0.1) is 0 Å². The molecule has 2 aromatic rings. The summed E-state index contributed by atoms with van der Waals surface area (Å²) in [5, 5.41) is 25.3. The normalized spacial score (nSPS) is 23.5. The van der Waals surface area contributed by atoms with Gasteiger partial charge in [0.05, 0.1) is 6.10 Å². The molecular formula is C23H26N2O5S. The van der Waals surface area contributed by atoms with Crippen LogP contribution in [0.2, 0.25) is 0 Å². The molecule has 31 heavy (non-hydrogen) atoms. The lowest BCUT2D eigenvalue weighted by Crippen LogP contribution is -2.49. The highest BCUT2D eigenvalue weighted by Crippen LogP contribution is 2.29. The summed E-state index contributed by atoms with van der Waals surface area (Å²) in [4.78, 5) is 25.6. The van der Waals surface area contributed by atoms with Crippen molar-refractivity contribution < 1.29 is 24.5 Å². The Kier molecular flexibility index (Phi) is 6.41. The zero-order valence-electron chi connectivity index (χ0n) is 17.0. The minimum absolute atomic E-state index is 0.0401. The number of hydrogen-bond acceptors (Lipinski definition) is 6. The fraction of sp³-hybridized carbons (Fsp3) is 0.391. The van der Waals surface area contributed by atoms with E-state index in [1.54, 1.807) is 0 Å². The van der Waals surface area contributed by atoms with Crippen LogP contribution in [0.4, 0.5) is 0 Å². The van der Waals surface area contributed by atoms with Crippen molar-refractivity contribution in [2.45, 2.75) is 56.5 Å². The Hall–Kier alpha value is -2.68. The summed E-state index contributed by atoms with van der Waals surface area (Å²) < 4.78 is 5.92. The largest absolute Gasteiger partial charge is 0.484 e. The summed E-state index contributed by atoms with van der Waals surface area (Å²) in [6.07, 6.45) is 1.73. The lowest BCUT2D eigenvalue weighted by Gasteiger charge is -2.31. The van der Waals surface area contributed by atoms with Crippen molar-refractivity contribution in [3.8, 4) is 5.75 Å². The molecule has 0 saturated carbocycles. The molecule has 4 rings (SSSR count). The Labute approximate surface area is 184 Å². The van der Waals surface area contributed by atoms with Gasteiger partial charge in [-0.2, -0.15) is 0 Å². The SMILES string of the molecule is NC(=O)[C@H](Cc1cccs1)NC(=O)C1=C[C@@H](Oc2ccc3c(c2)CCC3)[C@H](O)[C@H](O)C1. The first-order valence-corrected chi connectivity index (χ1v) is 11.3. The van der Waals surface area contributed by atoms with E-state index in [1.165, 1.54) is 28.5 Å². The van der Waals surface area contributed by atoms with Gasteiger partial charge in [0.15, 0.2) is 0 Å². The molecule has 4 atom stereocenters. The second kappa shape index (κ2) is 9.21. The summed E-state index contributed by atoms with van der Waals surface area (Å²) >= 11 is 1.48. The molecule has 0 unspecified atom stereocenters. The average Bonchev–Trinajstić information content (AvgIpc) is 3.42. The van der Waals surface area contributed by atoms with Crippen LogP contribution in [0.5, 0.6) is 5.75 Å². The zero-order valence-corrected chi connectivity index (χ0v) is 17.8. The van der Waals surface area contributed by atoms with Gasteiger partial charge in [0, 0.05) is 23.3 Å². The van der Waals surface area contributed by atoms with E-state index >= 15 is 0 Å². The topological polar surface area (TPSA) is 122 Å². The molecule has 164 valence electrons. The van der Waals surface area contributed by atoms with Crippen LogP contribution in [0.3, 0.4) is 0 Å². The number of carbonyl (C=O) groups excluding carboxylic acids is 2. The van der Waals surface area contributed by atoms with Crippen molar-refractivity contribution >= 4 is 23.2 Å². The highest BCUT2D eigenvalue weighted by atomic mass is 32.1. The number of carbonyl (C=O) groups is 2. The van der Waals surface area contributed by atoms with E-state index in [1.807, 2.05) is 35.7 Å². The Morgan fingerprint density at radius 2 is 2.03 bits per heavy atom. The highest BCUT2D eigenvalue weighted by Gasteiger charge is 2.35. The molecule has 2 aliphatic carbocycles. The highest BCUT2D eigenvalue weighted by molar-refractivity contribution is 7.09. The molecule has 2 amide bonds. The second-order valence-electron chi connectivity index (χ2n) is 8.03. The van der Waals surface area contributed by atoms with Gasteiger partial charge in [-0.1, -0.05) is 12.1 Å². The number of aliphatic hydroxyl groups is 2. The van der Waals surface area contributed by atoms with Gasteiger partial charge in [0.25, 0.3) is 0 Å². The van der Waals surface area contributed by atoms with Crippen LogP contribution in [0.25, 0.3) is 0 Å². The number of ether oxygens (including phenoxy) is 1. The maximum atomic E-state index is 12.8. The third kappa shape index (κ3) is 4.98. The number of nitrogens with two attached hydrogens (primary N) is 1. The van der Waals surface area contributed by atoms with E-state index < -0.39 is 36.2 Å². The molecule has 7 nitrogen and oxygen atoms in total. The van der Waals surface area contributed by atoms with E-state index in [4.69, 9.17) is 10.5 Å². The van der Waals surface area contributed by atoms with Gasteiger partial charge >= 0.3 is 0 Å². The van der Waals surface area contributed by atoms with Crippen LogP contribution in [-0.2, 0) is 28.9 Å². The number of amides is 2. The first-order valence-electron chi connectivity index (χ1n) is 10.4. The number of hydrogen-bond donors (Lipinski definition) is 4. The first kappa shape index (κ1) is 21.5. The van der Waals surface area contributed by atoms with E-state index in [9.17, 15) is 19.8 Å². The van der Waals surface area contributed by atoms with Crippen LogP contribution < -0.4 is 15.8 Å². The molecule has 1 heterocycles. The fourth-order valence-corrected chi connectivity index (χ4v) is 4.84. The van der Waals surface area contributed by atoms with E-state index in [0.29, 0.717) is 12.2 Å². The van der Waals surface area contributed by atoms with Gasteiger partial charge in [-0.25, -0.2) is 0 Å². The molecule has 1 aromatic carbocycles. The Morgan fingerprint density at radius 1 is 1.23 bits per heavy atom. The molecule has 1 aromatic heterocycles. The molecule has 0 spiro atoms. The number of benzene rings is 1. The molecule has 0 aliphatic heterocycles. The number of primary amides is 1. The molecule has 0 bridgehead atoms. The maximum absolute atomic E-state index is 12.8. The van der Waals surface area contributed by atoms with Crippen LogP contribution in [0.15, 0.2) is 47.4 Å². The Morgan fingerprint density at radius 3 is 2.77 bits per heavy atom. The molecular weight excluding hydrogens is 416 g/mol. The predicted molar refractivity (Wildman–Crippen MR) is 117 cm³/mol. The third-order valence-corrected chi connectivity index (χ3v) is 6.69. The summed E-state index contributed by atoms with van der Waals surface area (Å²) in [6, 6.07) is 8.67. The van der Waals surface area contributed by atoms with Gasteiger partial charge in [0.1, 0.15) is 24.0 Å². The van der Waals surface area contributed by atoms with Gasteiger partial charge in [-0.15, -0.1) is 11.3 Å². The minimum Gasteiger partial charge on any atom is -0.484 e. The van der Waals surface area contributed by atoms with Gasteiger partial charge in [0.2, 0.25) is 11.8 Å². The molecule has 5 N–H and O–H groups in total. The smallest absolute Gasteiger partial charge is 0.247 e. The number of aliphatic hydroxyl groups excluding tert-OH is 2. The fourth-order valence-electron chi connectivity index (χ4n) is 4.08. The standard InChI is InChI=1S/C23H26N2O5S/c24-22(28)18(12-17-5-2-8-31-17)25-23(29)15-10-19(26)21(27)20(11-15)30-16-7-6-13-3-1-4-14(13)9-16/h2,5-9,11,18-21,26-27H,1,3-4,10,12H2,(H2,24,28)(H,25,29)/t18-,19+,20+,21+/m0/s1. The van der Waals surface area contributed by atoms with Crippen molar-refractivity contribution in [2.75, 3.05) is 0 Å². The second-order valence-corrected chi connectivity index (χ2v) is 9.06. The van der Waals surface area contributed by atoms with Crippen LogP contribution in [0.1, 0.15) is 28.8 Å². The number of thiophene rings is 1. The Bertz CT molecular complexity index is 988. The number of rotatable bonds is 7. The zero-order chi connectivity index (χ0) is 22.0. The third-order valence-electron chi connectivity index (χ3n) is 5.79. The molecule has 0 fully saturated rings. The number of nitrogens with one attached hydrogen (secondary N) is 1. The van der Waals surface area contributed by atoms with Crippen molar-refractivity contribution in [1.82, 2.24) is 5.32 Å². The molecule has 2 aliphatic rings. The summed E-state index contributed by atoms with van der Waals surface area (Å²) in [6.45, 7) is 0. The average molecular weight is 443 g/mol. The lowest BCUT2D eigenvalue weighted by atomic mass is 9.91. The number of aryl methyl sites for hydroxylation is 2. The van der Waals surface area contributed by atoms with Crippen molar-refractivity contribution in [2.24, 2.45) is 5.73 Å². The minimum atomic E-state index is -1.16. The Balaban J connectivity index is 1.48. The van der Waals surface area contributed by atoms with E-state index in [0.717, 1.165) is 24.1 Å². The number of fused-ring (bicyclic) bond motifs is 1. The van der Waals surface area contributed by atoms with E-state index in [2.05, 4.69) is 5.32 Å². The van der Waals surface area contributed by atoms with Crippen molar-refractivity contribution in [3.05, 3.63) is 63.4 Å². The van der Waals surface area contributed by atoms with Gasteiger partial charge in [-0.05, 0) is 60.0 Å². The molecule has 8 heteroatoms. The molecule has 0 radical (unpaired) electrons. The van der Waals surface area contributed by atoms with Gasteiger partial charge < -0.3 is 26.0 Å². The van der Waals surface area contributed by atoms with Crippen LogP contribution >= 0.6 is 11.3 Å². The van der Waals surface area contributed by atoms with E-state index in [-0.39, 0.29) is 12.0 Å². The quantitative estimate of drug-likeness (QED) is 0.514. The monoisotopic (exact) mass is 442 g/mol. The van der Waals surface area contributed by atoms with Crippen molar-refractivity contribution in [1.29, 1.82) is 0 Å². The van der Waals surface area contributed by atoms with Crippen molar-refractivity contribution in [3.63, 3.8) is 0 Å². The summed E-state index contributed by atoms with van der Waals surface area (Å²) in [5.41, 5.74) is 8.25. The van der Waals surface area contributed by atoms with Crippen LogP contribution in [-0.4, -0.2) is 46.4 Å². The molecule has 0 saturated heterocycles. The first-order chi connectivity index (χ1) is 14.9. The van der Waals surface area contributed by atoms with Gasteiger partial charge in [-0.3, -0.25) is 9.59 Å². The maximum Gasteiger partial charge on any atom is 0.247 e.